The highest BCUT2D eigenvalue weighted by molar-refractivity contribution is 7.21. The Morgan fingerprint density at radius 2 is 1.85 bits per heavy atom. The van der Waals surface area contributed by atoms with Gasteiger partial charge < -0.3 is 10.3 Å². The van der Waals surface area contributed by atoms with Crippen molar-refractivity contribution in [2.24, 2.45) is 0 Å². The molecule has 0 radical (unpaired) electrons. The highest BCUT2D eigenvalue weighted by atomic mass is 32.1. The Balaban J connectivity index is 1.59. The summed E-state index contributed by atoms with van der Waals surface area (Å²) in [6.07, 6.45) is 1.02. The SMILES string of the molecule is CCc1ccc(NCc2nc3sc(-c4ccccc4)cc3c(=O)[nH]2)cc1. The zero-order valence-electron chi connectivity index (χ0n) is 14.5. The molecule has 0 fully saturated rings. The van der Waals surface area contributed by atoms with Crippen molar-refractivity contribution in [3.05, 3.63) is 82.4 Å². The minimum absolute atomic E-state index is 0.0911. The summed E-state index contributed by atoms with van der Waals surface area (Å²) in [5, 5.41) is 3.96. The number of hydrogen-bond donors (Lipinski definition) is 2. The van der Waals surface area contributed by atoms with Crippen LogP contribution in [0.5, 0.6) is 0 Å². The van der Waals surface area contributed by atoms with Gasteiger partial charge >= 0.3 is 0 Å². The lowest BCUT2D eigenvalue weighted by Gasteiger charge is -2.06. The van der Waals surface area contributed by atoms with Crippen LogP contribution >= 0.6 is 11.3 Å². The molecule has 0 spiro atoms. The number of benzene rings is 2. The minimum atomic E-state index is -0.0911. The topological polar surface area (TPSA) is 57.8 Å². The average Bonchev–Trinajstić information content (AvgIpc) is 3.12. The van der Waals surface area contributed by atoms with Crippen molar-refractivity contribution in [1.29, 1.82) is 0 Å². The van der Waals surface area contributed by atoms with E-state index in [4.69, 9.17) is 0 Å². The molecule has 0 atom stereocenters. The maximum Gasteiger partial charge on any atom is 0.259 e. The normalized spacial score (nSPS) is 11.0. The van der Waals surface area contributed by atoms with E-state index in [0.29, 0.717) is 17.8 Å². The second-order valence-corrected chi connectivity index (χ2v) is 7.14. The van der Waals surface area contributed by atoms with Gasteiger partial charge in [-0.3, -0.25) is 4.79 Å². The van der Waals surface area contributed by atoms with Gasteiger partial charge in [0, 0.05) is 10.6 Å². The molecule has 2 aromatic heterocycles. The minimum Gasteiger partial charge on any atom is -0.378 e. The van der Waals surface area contributed by atoms with E-state index in [0.717, 1.165) is 27.4 Å². The standard InChI is InChI=1S/C21H19N3OS/c1-2-14-8-10-16(11-9-14)22-13-19-23-20(25)17-12-18(26-21(17)24-19)15-6-4-3-5-7-15/h3-12,22H,2,13H2,1H3,(H,23,24,25). The second kappa shape index (κ2) is 7.14. The third-order valence-corrected chi connectivity index (χ3v) is 5.41. The summed E-state index contributed by atoms with van der Waals surface area (Å²) >= 11 is 1.55. The zero-order chi connectivity index (χ0) is 17.9. The number of hydrogen-bond acceptors (Lipinski definition) is 4. The first-order valence-corrected chi connectivity index (χ1v) is 9.45. The van der Waals surface area contributed by atoms with E-state index in [1.54, 1.807) is 11.3 Å². The quantitative estimate of drug-likeness (QED) is 0.535. The molecule has 0 aliphatic heterocycles. The van der Waals surface area contributed by atoms with Gasteiger partial charge in [0.1, 0.15) is 10.7 Å². The Kier molecular flexibility index (Phi) is 4.54. The molecule has 130 valence electrons. The molecule has 2 heterocycles. The van der Waals surface area contributed by atoms with Crippen LogP contribution < -0.4 is 10.9 Å². The van der Waals surface area contributed by atoms with Gasteiger partial charge in [-0.2, -0.15) is 0 Å². The zero-order valence-corrected chi connectivity index (χ0v) is 15.3. The van der Waals surface area contributed by atoms with Gasteiger partial charge in [0.25, 0.3) is 5.56 Å². The lowest BCUT2D eigenvalue weighted by molar-refractivity contribution is 0.956. The van der Waals surface area contributed by atoms with Crippen LogP contribution in [0.15, 0.2) is 65.5 Å². The molecular formula is C21H19N3OS. The molecule has 0 aliphatic rings. The van der Waals surface area contributed by atoms with Crippen LogP contribution in [-0.2, 0) is 13.0 Å². The molecule has 0 bridgehead atoms. The maximum atomic E-state index is 12.4. The highest BCUT2D eigenvalue weighted by Gasteiger charge is 2.10. The van der Waals surface area contributed by atoms with Gasteiger partial charge in [-0.25, -0.2) is 4.98 Å². The van der Waals surface area contributed by atoms with Crippen LogP contribution in [0.25, 0.3) is 20.7 Å². The van der Waals surface area contributed by atoms with Gasteiger partial charge in [0.05, 0.1) is 11.9 Å². The Labute approximate surface area is 155 Å². The van der Waals surface area contributed by atoms with Gasteiger partial charge in [-0.15, -0.1) is 11.3 Å². The third kappa shape index (κ3) is 3.39. The lowest BCUT2D eigenvalue weighted by atomic mass is 10.1. The van der Waals surface area contributed by atoms with E-state index in [-0.39, 0.29) is 5.56 Å². The van der Waals surface area contributed by atoms with Crippen LogP contribution in [0, 0.1) is 0 Å². The Morgan fingerprint density at radius 1 is 1.08 bits per heavy atom. The summed E-state index contributed by atoms with van der Waals surface area (Å²) in [6.45, 7) is 2.62. The fourth-order valence-electron chi connectivity index (χ4n) is 2.85. The molecule has 2 aromatic carbocycles. The number of nitrogens with one attached hydrogen (secondary N) is 2. The predicted octanol–water partition coefficient (Wildman–Crippen LogP) is 4.83. The second-order valence-electron chi connectivity index (χ2n) is 6.11. The Morgan fingerprint density at radius 3 is 2.58 bits per heavy atom. The summed E-state index contributed by atoms with van der Waals surface area (Å²) in [4.78, 5) is 21.8. The summed E-state index contributed by atoms with van der Waals surface area (Å²) in [7, 11) is 0. The van der Waals surface area contributed by atoms with Crippen LogP contribution in [0.2, 0.25) is 0 Å². The van der Waals surface area contributed by atoms with E-state index < -0.39 is 0 Å². The number of anilines is 1. The molecule has 2 N–H and O–H groups in total. The number of aryl methyl sites for hydroxylation is 1. The monoisotopic (exact) mass is 361 g/mol. The van der Waals surface area contributed by atoms with E-state index in [1.807, 2.05) is 48.5 Å². The number of aromatic nitrogens is 2. The van der Waals surface area contributed by atoms with Gasteiger partial charge in [-0.1, -0.05) is 49.4 Å². The molecule has 0 amide bonds. The Bertz CT molecular complexity index is 1080. The highest BCUT2D eigenvalue weighted by Crippen LogP contribution is 2.30. The van der Waals surface area contributed by atoms with Crippen molar-refractivity contribution >= 4 is 27.2 Å². The molecule has 4 nitrogen and oxygen atoms in total. The number of thiophene rings is 1. The van der Waals surface area contributed by atoms with Crippen LogP contribution in [0.4, 0.5) is 5.69 Å². The van der Waals surface area contributed by atoms with Gasteiger partial charge in [-0.05, 0) is 35.7 Å². The molecule has 4 aromatic rings. The van der Waals surface area contributed by atoms with Crippen molar-refractivity contribution in [1.82, 2.24) is 9.97 Å². The van der Waals surface area contributed by atoms with Crippen molar-refractivity contribution in [3.63, 3.8) is 0 Å². The van der Waals surface area contributed by atoms with Crippen LogP contribution in [-0.4, -0.2) is 9.97 Å². The molecule has 0 aliphatic carbocycles. The number of aromatic amines is 1. The fraction of sp³-hybridized carbons (Fsp3) is 0.143. The third-order valence-electron chi connectivity index (χ3n) is 4.33. The first kappa shape index (κ1) is 16.5. The summed E-state index contributed by atoms with van der Waals surface area (Å²) in [6, 6.07) is 20.3. The van der Waals surface area contributed by atoms with Crippen LogP contribution in [0.3, 0.4) is 0 Å². The van der Waals surface area contributed by atoms with Crippen molar-refractivity contribution in [2.45, 2.75) is 19.9 Å². The number of fused-ring (bicyclic) bond motifs is 1. The molecule has 4 rings (SSSR count). The number of nitrogens with zero attached hydrogens (tertiary/aromatic N) is 1. The molecule has 0 unspecified atom stereocenters. The van der Waals surface area contributed by atoms with Crippen molar-refractivity contribution in [3.8, 4) is 10.4 Å². The maximum absolute atomic E-state index is 12.4. The van der Waals surface area contributed by atoms with E-state index in [9.17, 15) is 4.79 Å². The molecule has 0 saturated carbocycles. The first-order chi connectivity index (χ1) is 12.7. The predicted molar refractivity (Wildman–Crippen MR) is 109 cm³/mol. The van der Waals surface area contributed by atoms with E-state index in [1.165, 1.54) is 5.56 Å². The van der Waals surface area contributed by atoms with Crippen molar-refractivity contribution in [2.75, 3.05) is 5.32 Å². The average molecular weight is 361 g/mol. The lowest BCUT2D eigenvalue weighted by Crippen LogP contribution is -2.13. The molecule has 0 saturated heterocycles. The first-order valence-electron chi connectivity index (χ1n) is 8.64. The fourth-order valence-corrected chi connectivity index (χ4v) is 3.90. The smallest absolute Gasteiger partial charge is 0.259 e. The van der Waals surface area contributed by atoms with Crippen LogP contribution in [0.1, 0.15) is 18.3 Å². The van der Waals surface area contributed by atoms with E-state index >= 15 is 0 Å². The van der Waals surface area contributed by atoms with Gasteiger partial charge in [0.2, 0.25) is 0 Å². The number of H-pyrrole nitrogens is 1. The summed E-state index contributed by atoms with van der Waals surface area (Å²) < 4.78 is 0. The van der Waals surface area contributed by atoms with Crippen molar-refractivity contribution < 1.29 is 0 Å². The number of rotatable bonds is 5. The molecule has 26 heavy (non-hydrogen) atoms. The largest absolute Gasteiger partial charge is 0.378 e. The van der Waals surface area contributed by atoms with Gasteiger partial charge in [0.15, 0.2) is 0 Å². The molecule has 5 heteroatoms. The Hall–Kier alpha value is -2.92. The summed E-state index contributed by atoms with van der Waals surface area (Å²) in [5.74, 6) is 0.642. The molecular weight excluding hydrogens is 342 g/mol. The summed E-state index contributed by atoms with van der Waals surface area (Å²) in [5.41, 5.74) is 3.33. The van der Waals surface area contributed by atoms with E-state index in [2.05, 4.69) is 34.3 Å².